The fraction of sp³-hybridized carbons (Fsp3) is 0.250. The largest absolute Gasteiger partial charge is 0.374 e. The second-order valence-corrected chi connectivity index (χ2v) is 2.86. The van der Waals surface area contributed by atoms with Gasteiger partial charge >= 0.3 is 0 Å². The Hall–Kier alpha value is -1.55. The molecule has 1 aliphatic rings. The van der Waals surface area contributed by atoms with E-state index in [1.54, 1.807) is 12.1 Å². The predicted octanol–water partition coefficient (Wildman–Crippen LogP) is 1.72. The summed E-state index contributed by atoms with van der Waals surface area (Å²) in [6, 6.07) is 5.28. The van der Waals surface area contributed by atoms with E-state index in [-0.39, 0.29) is 0 Å². The molecule has 13 heavy (non-hydrogen) atoms. The zero-order valence-corrected chi connectivity index (χ0v) is 6.81. The quantitative estimate of drug-likeness (QED) is 0.388. The average molecular weight is 176 g/mol. The van der Waals surface area contributed by atoms with Gasteiger partial charge in [-0.3, -0.25) is 5.32 Å². The van der Waals surface area contributed by atoms with Gasteiger partial charge in [0, 0.05) is 22.7 Å². The van der Waals surface area contributed by atoms with Crippen molar-refractivity contribution < 1.29 is 5.11 Å². The predicted molar refractivity (Wildman–Crippen MR) is 47.0 cm³/mol. The third-order valence-electron chi connectivity index (χ3n) is 2.07. The van der Waals surface area contributed by atoms with Crippen molar-refractivity contribution in [1.82, 2.24) is 5.32 Å². The molecule has 0 saturated heterocycles. The van der Waals surface area contributed by atoms with Crippen molar-refractivity contribution in [2.75, 3.05) is 0 Å². The van der Waals surface area contributed by atoms with Crippen molar-refractivity contribution in [3.63, 3.8) is 0 Å². The smallest absolute Gasteiger partial charge is 0.131 e. The lowest BCUT2D eigenvalue weighted by atomic mass is 10.1. The second-order valence-electron chi connectivity index (χ2n) is 2.86. The van der Waals surface area contributed by atoms with Crippen LogP contribution in [0.15, 0.2) is 23.3 Å². The summed E-state index contributed by atoms with van der Waals surface area (Å²) in [4.78, 5) is 2.68. The van der Waals surface area contributed by atoms with Gasteiger partial charge < -0.3 is 5.11 Å². The highest BCUT2D eigenvalue weighted by Gasteiger charge is 2.18. The molecule has 2 rings (SSSR count). The van der Waals surface area contributed by atoms with E-state index in [9.17, 15) is 5.11 Å². The number of nitrogens with zero attached hydrogens (tertiary/aromatic N) is 3. The molecule has 0 saturated carbocycles. The Morgan fingerprint density at radius 2 is 2.46 bits per heavy atom. The minimum absolute atomic E-state index is 0.531. The summed E-state index contributed by atoms with van der Waals surface area (Å²) in [6.07, 6.45) is -0.635. The Morgan fingerprint density at radius 1 is 1.62 bits per heavy atom. The van der Waals surface area contributed by atoms with E-state index in [0.29, 0.717) is 12.2 Å². The molecule has 0 aromatic heterocycles. The van der Waals surface area contributed by atoms with Gasteiger partial charge in [-0.25, -0.2) is 0 Å². The highest BCUT2D eigenvalue weighted by molar-refractivity contribution is 5.46. The van der Waals surface area contributed by atoms with Crippen molar-refractivity contribution in [2.24, 2.45) is 5.11 Å². The van der Waals surface area contributed by atoms with Crippen LogP contribution in [-0.2, 0) is 6.54 Å². The monoisotopic (exact) mass is 176 g/mol. The third-order valence-corrected chi connectivity index (χ3v) is 2.07. The van der Waals surface area contributed by atoms with E-state index < -0.39 is 6.23 Å². The normalized spacial score (nSPS) is 19.3. The standard InChI is InChI=1S/C8H8N4O/c9-12-11-6-2-1-5-4-10-8(13)7(5)3-6/h1-3,8,10,13H,4H2. The first-order chi connectivity index (χ1) is 6.31. The molecule has 66 valence electrons. The molecule has 1 aliphatic heterocycles. The molecule has 1 heterocycles. The number of aliphatic hydroxyl groups excluding tert-OH is 1. The molecule has 1 unspecified atom stereocenters. The molecule has 5 nitrogen and oxygen atoms in total. The van der Waals surface area contributed by atoms with E-state index in [1.807, 2.05) is 6.07 Å². The molecule has 0 aliphatic carbocycles. The Labute approximate surface area is 74.6 Å². The van der Waals surface area contributed by atoms with Crippen LogP contribution in [0, 0.1) is 0 Å². The molecular weight excluding hydrogens is 168 g/mol. The van der Waals surface area contributed by atoms with Gasteiger partial charge in [0.1, 0.15) is 6.23 Å². The second kappa shape index (κ2) is 3.06. The lowest BCUT2D eigenvalue weighted by Crippen LogP contribution is -2.09. The zero-order valence-electron chi connectivity index (χ0n) is 6.81. The van der Waals surface area contributed by atoms with Gasteiger partial charge in [0.25, 0.3) is 0 Å². The topological polar surface area (TPSA) is 81.0 Å². The highest BCUT2D eigenvalue weighted by Crippen LogP contribution is 2.27. The summed E-state index contributed by atoms with van der Waals surface area (Å²) >= 11 is 0. The van der Waals surface area contributed by atoms with Crippen LogP contribution in [0.3, 0.4) is 0 Å². The van der Waals surface area contributed by atoms with Crippen LogP contribution in [-0.4, -0.2) is 5.11 Å². The lowest BCUT2D eigenvalue weighted by molar-refractivity contribution is 0.151. The fourth-order valence-corrected chi connectivity index (χ4v) is 1.43. The van der Waals surface area contributed by atoms with Gasteiger partial charge in [-0.15, -0.1) is 0 Å². The van der Waals surface area contributed by atoms with Gasteiger partial charge in [0.05, 0.1) is 0 Å². The molecule has 1 aromatic rings. The van der Waals surface area contributed by atoms with Crippen LogP contribution < -0.4 is 5.32 Å². The van der Waals surface area contributed by atoms with Crippen molar-refractivity contribution in [3.05, 3.63) is 39.8 Å². The molecule has 0 bridgehead atoms. The van der Waals surface area contributed by atoms with E-state index in [4.69, 9.17) is 5.53 Å². The van der Waals surface area contributed by atoms with Gasteiger partial charge in [0.2, 0.25) is 0 Å². The van der Waals surface area contributed by atoms with Crippen LogP contribution in [0.1, 0.15) is 17.4 Å². The highest BCUT2D eigenvalue weighted by atomic mass is 16.3. The number of nitrogens with one attached hydrogen (secondary N) is 1. The van der Waals surface area contributed by atoms with Gasteiger partial charge in [-0.2, -0.15) is 0 Å². The van der Waals surface area contributed by atoms with Crippen LogP contribution in [0.25, 0.3) is 10.4 Å². The molecule has 2 N–H and O–H groups in total. The van der Waals surface area contributed by atoms with Crippen LogP contribution in [0.5, 0.6) is 0 Å². The fourth-order valence-electron chi connectivity index (χ4n) is 1.43. The van der Waals surface area contributed by atoms with Crippen molar-refractivity contribution in [2.45, 2.75) is 12.8 Å². The van der Waals surface area contributed by atoms with Gasteiger partial charge in [0.15, 0.2) is 0 Å². The van der Waals surface area contributed by atoms with Crippen LogP contribution in [0.2, 0.25) is 0 Å². The minimum atomic E-state index is -0.635. The Balaban J connectivity index is 2.47. The summed E-state index contributed by atoms with van der Waals surface area (Å²) in [6.45, 7) is 0.660. The molecule has 0 radical (unpaired) electrons. The third kappa shape index (κ3) is 1.36. The summed E-state index contributed by atoms with van der Waals surface area (Å²) in [7, 11) is 0. The van der Waals surface area contributed by atoms with Crippen molar-refractivity contribution in [1.29, 1.82) is 0 Å². The number of hydrogen-bond donors (Lipinski definition) is 2. The summed E-state index contributed by atoms with van der Waals surface area (Å²) in [5.41, 5.74) is 10.6. The molecule has 0 spiro atoms. The number of fused-ring (bicyclic) bond motifs is 1. The molecule has 5 heteroatoms. The number of rotatable bonds is 1. The Bertz CT molecular complexity index is 384. The maximum absolute atomic E-state index is 9.43. The van der Waals surface area contributed by atoms with Crippen molar-refractivity contribution in [3.8, 4) is 0 Å². The number of hydrogen-bond acceptors (Lipinski definition) is 3. The van der Waals surface area contributed by atoms with E-state index in [0.717, 1.165) is 11.1 Å². The van der Waals surface area contributed by atoms with Crippen LogP contribution in [0.4, 0.5) is 5.69 Å². The van der Waals surface area contributed by atoms with E-state index in [1.165, 1.54) is 0 Å². The first-order valence-corrected chi connectivity index (χ1v) is 3.90. The molecule has 0 fully saturated rings. The molecule has 1 atom stereocenters. The van der Waals surface area contributed by atoms with Crippen molar-refractivity contribution >= 4 is 5.69 Å². The molecule has 0 amide bonds. The SMILES string of the molecule is [N-]=[N+]=Nc1ccc2c(c1)C(O)NC2. The summed E-state index contributed by atoms with van der Waals surface area (Å²) in [5.74, 6) is 0. The molecule has 1 aromatic carbocycles. The Kier molecular flexibility index (Phi) is 1.90. The zero-order chi connectivity index (χ0) is 9.26. The Morgan fingerprint density at radius 3 is 3.23 bits per heavy atom. The summed E-state index contributed by atoms with van der Waals surface area (Å²) in [5, 5.41) is 15.8. The maximum Gasteiger partial charge on any atom is 0.131 e. The van der Waals surface area contributed by atoms with Gasteiger partial charge in [-0.1, -0.05) is 17.2 Å². The summed E-state index contributed by atoms with van der Waals surface area (Å²) < 4.78 is 0. The van der Waals surface area contributed by atoms with E-state index >= 15 is 0 Å². The van der Waals surface area contributed by atoms with Gasteiger partial charge in [-0.05, 0) is 17.2 Å². The molecular formula is C8H8N4O. The number of azide groups is 1. The lowest BCUT2D eigenvalue weighted by Gasteiger charge is -2.03. The number of benzene rings is 1. The first-order valence-electron chi connectivity index (χ1n) is 3.90. The number of aliphatic hydroxyl groups is 1. The average Bonchev–Trinajstić information content (AvgIpc) is 2.49. The minimum Gasteiger partial charge on any atom is -0.374 e. The van der Waals surface area contributed by atoms with Crippen LogP contribution >= 0.6 is 0 Å². The first kappa shape index (κ1) is 8.07. The maximum atomic E-state index is 9.43. The van der Waals surface area contributed by atoms with E-state index in [2.05, 4.69) is 15.3 Å².